The Kier molecular flexibility index (Phi) is 5.81. The van der Waals surface area contributed by atoms with Crippen LogP contribution in [0.2, 0.25) is 0 Å². The van der Waals surface area contributed by atoms with Crippen LogP contribution in [0, 0.1) is 6.92 Å². The van der Waals surface area contributed by atoms with Gasteiger partial charge in [0.15, 0.2) is 11.5 Å². The highest BCUT2D eigenvalue weighted by atomic mass is 16.5. The van der Waals surface area contributed by atoms with Gasteiger partial charge in [-0.25, -0.2) is 4.98 Å². The van der Waals surface area contributed by atoms with Crippen molar-refractivity contribution in [3.63, 3.8) is 0 Å². The van der Waals surface area contributed by atoms with E-state index >= 15 is 0 Å². The fourth-order valence-electron chi connectivity index (χ4n) is 2.69. The normalized spacial score (nSPS) is 10.6. The van der Waals surface area contributed by atoms with Crippen LogP contribution in [0.3, 0.4) is 0 Å². The van der Waals surface area contributed by atoms with E-state index < -0.39 is 0 Å². The van der Waals surface area contributed by atoms with Crippen molar-refractivity contribution >= 4 is 0 Å². The van der Waals surface area contributed by atoms with Crippen molar-refractivity contribution < 1.29 is 9.47 Å². The molecule has 3 rings (SSSR count). The minimum absolute atomic E-state index is 0.490. The van der Waals surface area contributed by atoms with Crippen molar-refractivity contribution in [2.75, 3.05) is 13.2 Å². The number of ether oxygens (including phenoxy) is 2. The first-order valence-corrected chi connectivity index (χ1v) is 8.74. The average Bonchev–Trinajstić information content (AvgIpc) is 2.65. The first-order valence-electron chi connectivity index (χ1n) is 8.74. The van der Waals surface area contributed by atoms with Crippen LogP contribution in [0.15, 0.2) is 54.6 Å². The molecule has 5 heteroatoms. The van der Waals surface area contributed by atoms with Crippen LogP contribution in [0.25, 0.3) is 11.3 Å². The van der Waals surface area contributed by atoms with Crippen LogP contribution in [-0.2, 0) is 6.42 Å². The molecular weight excluding hydrogens is 326 g/mol. The molecule has 0 aliphatic rings. The molecule has 0 saturated carbocycles. The molecule has 2 aromatic carbocycles. The molecule has 26 heavy (non-hydrogen) atoms. The second-order valence-electron chi connectivity index (χ2n) is 5.86. The maximum absolute atomic E-state index is 6.03. The monoisotopic (exact) mass is 349 g/mol. The number of benzene rings is 2. The summed E-state index contributed by atoms with van der Waals surface area (Å²) in [5.74, 6) is 2.46. The molecule has 1 heterocycles. The van der Waals surface area contributed by atoms with Crippen LogP contribution < -0.4 is 15.2 Å². The Morgan fingerprint density at radius 3 is 2.50 bits per heavy atom. The average molecular weight is 349 g/mol. The predicted octanol–water partition coefficient (Wildman–Crippen LogP) is 4.14. The van der Waals surface area contributed by atoms with E-state index in [-0.39, 0.29) is 0 Å². The molecule has 0 aliphatic heterocycles. The predicted molar refractivity (Wildman–Crippen MR) is 103 cm³/mol. The largest absolute Gasteiger partial charge is 0.490 e. The zero-order valence-electron chi connectivity index (χ0n) is 15.1. The second-order valence-corrected chi connectivity index (χ2v) is 5.86. The molecule has 0 bridgehead atoms. The van der Waals surface area contributed by atoms with Crippen molar-refractivity contribution in [1.82, 2.24) is 9.97 Å². The zero-order valence-corrected chi connectivity index (χ0v) is 15.1. The highest BCUT2D eigenvalue weighted by Gasteiger charge is 2.11. The van der Waals surface area contributed by atoms with Gasteiger partial charge < -0.3 is 15.2 Å². The molecule has 0 aliphatic carbocycles. The maximum atomic E-state index is 6.03. The second kappa shape index (κ2) is 8.45. The Morgan fingerprint density at radius 1 is 0.962 bits per heavy atom. The third-order valence-electron chi connectivity index (χ3n) is 3.84. The summed E-state index contributed by atoms with van der Waals surface area (Å²) < 4.78 is 11.8. The fourth-order valence-corrected chi connectivity index (χ4v) is 2.69. The van der Waals surface area contributed by atoms with E-state index in [0.29, 0.717) is 36.4 Å². The van der Waals surface area contributed by atoms with Crippen LogP contribution in [0.1, 0.15) is 18.3 Å². The topological polar surface area (TPSA) is 70.3 Å². The third-order valence-corrected chi connectivity index (χ3v) is 3.84. The molecule has 0 saturated heterocycles. The van der Waals surface area contributed by atoms with E-state index in [1.165, 1.54) is 0 Å². The number of nitrogens with two attached hydrogens (primary N) is 1. The summed E-state index contributed by atoms with van der Waals surface area (Å²) in [7, 11) is 0. The van der Waals surface area contributed by atoms with Gasteiger partial charge in [-0.2, -0.15) is 4.98 Å². The zero-order chi connectivity index (χ0) is 18.4. The van der Waals surface area contributed by atoms with Gasteiger partial charge in [0.2, 0.25) is 5.88 Å². The molecule has 0 unspecified atom stereocenters. The van der Waals surface area contributed by atoms with Crippen LogP contribution in [0.4, 0.5) is 0 Å². The summed E-state index contributed by atoms with van der Waals surface area (Å²) in [6, 6.07) is 17.7. The molecule has 3 aromatic rings. The van der Waals surface area contributed by atoms with E-state index in [4.69, 9.17) is 15.2 Å². The molecule has 0 spiro atoms. The lowest BCUT2D eigenvalue weighted by atomic mass is 10.1. The van der Waals surface area contributed by atoms with Gasteiger partial charge in [-0.15, -0.1) is 0 Å². The smallest absolute Gasteiger partial charge is 0.223 e. The summed E-state index contributed by atoms with van der Waals surface area (Å²) in [5.41, 5.74) is 8.61. The summed E-state index contributed by atoms with van der Waals surface area (Å²) in [6.45, 7) is 4.95. The molecule has 2 N–H and O–H groups in total. The van der Waals surface area contributed by atoms with Crippen molar-refractivity contribution in [2.24, 2.45) is 5.73 Å². The number of hydrogen-bond acceptors (Lipinski definition) is 5. The number of hydrogen-bond donors (Lipinski definition) is 1. The van der Waals surface area contributed by atoms with Crippen LogP contribution >= 0.6 is 0 Å². The third kappa shape index (κ3) is 4.37. The van der Waals surface area contributed by atoms with E-state index in [2.05, 4.69) is 9.97 Å². The Hall–Kier alpha value is -2.92. The molecule has 0 atom stereocenters. The van der Waals surface area contributed by atoms with Crippen molar-refractivity contribution in [3.8, 4) is 28.6 Å². The quantitative estimate of drug-likeness (QED) is 0.694. The number of aromatic nitrogens is 2. The minimum Gasteiger partial charge on any atom is -0.490 e. The Bertz CT molecular complexity index is 866. The number of rotatable bonds is 7. The number of nitrogens with zero attached hydrogens (tertiary/aromatic N) is 2. The van der Waals surface area contributed by atoms with Gasteiger partial charge >= 0.3 is 0 Å². The SMILES string of the molecule is CCOc1cc(CCN)ccc1Oc1cc(-c2ccccc2)nc(C)n1. The number of aryl methyl sites for hydroxylation is 1. The molecule has 0 fully saturated rings. The van der Waals surface area contributed by atoms with E-state index in [0.717, 1.165) is 23.2 Å². The standard InChI is InChI=1S/C21H23N3O2/c1-3-25-20-13-16(11-12-22)9-10-19(20)26-21-14-18(23-15(2)24-21)17-7-5-4-6-8-17/h4-10,13-14H,3,11-12,22H2,1-2H3. The molecule has 5 nitrogen and oxygen atoms in total. The molecule has 0 amide bonds. The van der Waals surface area contributed by atoms with Crippen molar-refractivity contribution in [2.45, 2.75) is 20.3 Å². The Labute approximate surface area is 153 Å². The van der Waals surface area contributed by atoms with E-state index in [1.807, 2.05) is 68.4 Å². The van der Waals surface area contributed by atoms with Gasteiger partial charge in [0.25, 0.3) is 0 Å². The highest BCUT2D eigenvalue weighted by Crippen LogP contribution is 2.33. The molecule has 1 aromatic heterocycles. The van der Waals surface area contributed by atoms with Crippen LogP contribution in [-0.4, -0.2) is 23.1 Å². The first-order chi connectivity index (χ1) is 12.7. The highest BCUT2D eigenvalue weighted by molar-refractivity contribution is 5.60. The molecular formula is C21H23N3O2. The fraction of sp³-hybridized carbons (Fsp3) is 0.238. The molecule has 134 valence electrons. The van der Waals surface area contributed by atoms with E-state index in [1.54, 1.807) is 0 Å². The Morgan fingerprint density at radius 2 is 1.77 bits per heavy atom. The Balaban J connectivity index is 1.92. The van der Waals surface area contributed by atoms with E-state index in [9.17, 15) is 0 Å². The molecule has 0 radical (unpaired) electrons. The van der Waals surface area contributed by atoms with Gasteiger partial charge in [-0.3, -0.25) is 0 Å². The minimum atomic E-state index is 0.490. The lowest BCUT2D eigenvalue weighted by molar-refractivity contribution is 0.319. The van der Waals surface area contributed by atoms with Crippen molar-refractivity contribution in [1.29, 1.82) is 0 Å². The van der Waals surface area contributed by atoms with Gasteiger partial charge in [-0.1, -0.05) is 36.4 Å². The summed E-state index contributed by atoms with van der Waals surface area (Å²) in [5, 5.41) is 0. The van der Waals surface area contributed by atoms with Gasteiger partial charge in [0.1, 0.15) is 5.82 Å². The lowest BCUT2D eigenvalue weighted by Gasteiger charge is -2.13. The van der Waals surface area contributed by atoms with Crippen molar-refractivity contribution in [3.05, 3.63) is 66.0 Å². The summed E-state index contributed by atoms with van der Waals surface area (Å²) >= 11 is 0. The van der Waals surface area contributed by atoms with Crippen LogP contribution in [0.5, 0.6) is 17.4 Å². The van der Waals surface area contributed by atoms with Gasteiger partial charge in [-0.05, 0) is 44.5 Å². The first kappa shape index (κ1) is 17.9. The van der Waals surface area contributed by atoms with Gasteiger partial charge in [0, 0.05) is 11.6 Å². The summed E-state index contributed by atoms with van der Waals surface area (Å²) in [6.07, 6.45) is 0.797. The lowest BCUT2D eigenvalue weighted by Crippen LogP contribution is -2.04. The maximum Gasteiger partial charge on any atom is 0.223 e. The summed E-state index contributed by atoms with van der Waals surface area (Å²) in [4.78, 5) is 8.91. The van der Waals surface area contributed by atoms with Gasteiger partial charge in [0.05, 0.1) is 12.3 Å².